The Balaban J connectivity index is 2.71. The third-order valence-electron chi connectivity index (χ3n) is 3.29. The van der Waals surface area contributed by atoms with Crippen molar-refractivity contribution in [3.05, 3.63) is 29.8 Å². The second kappa shape index (κ2) is 9.15. The number of ether oxygens (including phenoxy) is 3. The minimum atomic E-state index is -0.572. The van der Waals surface area contributed by atoms with E-state index in [1.165, 1.54) is 7.11 Å². The van der Waals surface area contributed by atoms with E-state index in [0.717, 1.165) is 11.3 Å². The predicted molar refractivity (Wildman–Crippen MR) is 91.1 cm³/mol. The van der Waals surface area contributed by atoms with E-state index in [0.29, 0.717) is 12.8 Å². The average molecular weight is 337 g/mol. The lowest BCUT2D eigenvalue weighted by molar-refractivity contribution is -0.140. The molecule has 1 aromatic carbocycles. The van der Waals surface area contributed by atoms with Crippen molar-refractivity contribution in [2.45, 2.75) is 51.7 Å². The van der Waals surface area contributed by atoms with E-state index in [9.17, 15) is 9.59 Å². The van der Waals surface area contributed by atoms with Crippen molar-refractivity contribution in [3.8, 4) is 5.75 Å². The Morgan fingerprint density at radius 3 is 2.25 bits per heavy atom. The number of amides is 1. The van der Waals surface area contributed by atoms with E-state index < -0.39 is 11.7 Å². The summed E-state index contributed by atoms with van der Waals surface area (Å²) in [6.45, 7) is 5.42. The molecule has 0 spiro atoms. The Labute approximate surface area is 143 Å². The van der Waals surface area contributed by atoms with E-state index in [1.54, 1.807) is 27.9 Å². The lowest BCUT2D eigenvalue weighted by atomic mass is 10.0. The van der Waals surface area contributed by atoms with Crippen molar-refractivity contribution < 1.29 is 23.8 Å². The highest BCUT2D eigenvalue weighted by Gasteiger charge is 2.20. The number of carbonyl (C=O) groups excluding carboxylic acids is 2. The molecule has 1 aromatic rings. The van der Waals surface area contributed by atoms with Gasteiger partial charge in [0.2, 0.25) is 0 Å². The molecule has 0 fully saturated rings. The Morgan fingerprint density at radius 1 is 1.12 bits per heavy atom. The maximum Gasteiger partial charge on any atom is 0.407 e. The molecule has 0 unspecified atom stereocenters. The zero-order valence-electron chi connectivity index (χ0n) is 15.0. The molecule has 6 heteroatoms. The molecule has 0 saturated carbocycles. The molecule has 0 bridgehead atoms. The lowest BCUT2D eigenvalue weighted by Gasteiger charge is -2.23. The van der Waals surface area contributed by atoms with Crippen LogP contribution in [0.5, 0.6) is 5.75 Å². The fraction of sp³-hybridized carbons (Fsp3) is 0.556. The number of alkyl carbamates (subject to hydrolysis) is 1. The Hall–Kier alpha value is -2.24. The molecule has 1 atom stereocenters. The highest BCUT2D eigenvalue weighted by atomic mass is 16.6. The number of carbonyl (C=O) groups is 2. The predicted octanol–water partition coefficient (Wildman–Crippen LogP) is 3.08. The summed E-state index contributed by atoms with van der Waals surface area (Å²) in [7, 11) is 2.96. The largest absolute Gasteiger partial charge is 0.497 e. The molecule has 134 valence electrons. The minimum absolute atomic E-state index is 0.229. The SMILES string of the molecule is COC(=O)CC[C@H](Cc1ccc(OC)cc1)NC(=O)OC(C)(C)C. The molecule has 0 saturated heterocycles. The maximum atomic E-state index is 12.0. The van der Waals surface area contributed by atoms with Crippen molar-refractivity contribution in [1.82, 2.24) is 5.32 Å². The fourth-order valence-electron chi connectivity index (χ4n) is 2.14. The van der Waals surface area contributed by atoms with Gasteiger partial charge in [-0.15, -0.1) is 0 Å². The first kappa shape index (κ1) is 19.8. The Kier molecular flexibility index (Phi) is 7.55. The first-order valence-electron chi connectivity index (χ1n) is 7.92. The third-order valence-corrected chi connectivity index (χ3v) is 3.29. The summed E-state index contributed by atoms with van der Waals surface area (Å²) in [5.41, 5.74) is 0.457. The minimum Gasteiger partial charge on any atom is -0.497 e. The Bertz CT molecular complexity index is 533. The third kappa shape index (κ3) is 7.85. The molecular weight excluding hydrogens is 310 g/mol. The van der Waals surface area contributed by atoms with Gasteiger partial charge < -0.3 is 19.5 Å². The molecule has 24 heavy (non-hydrogen) atoms. The van der Waals surface area contributed by atoms with E-state index in [-0.39, 0.29) is 18.4 Å². The summed E-state index contributed by atoms with van der Waals surface area (Å²) in [6, 6.07) is 7.36. The molecule has 6 nitrogen and oxygen atoms in total. The van der Waals surface area contributed by atoms with Gasteiger partial charge >= 0.3 is 12.1 Å². The van der Waals surface area contributed by atoms with Gasteiger partial charge in [0.25, 0.3) is 0 Å². The monoisotopic (exact) mass is 337 g/mol. The van der Waals surface area contributed by atoms with Gasteiger partial charge in [0.15, 0.2) is 0 Å². The zero-order chi connectivity index (χ0) is 18.2. The number of benzene rings is 1. The van der Waals surface area contributed by atoms with E-state index in [1.807, 2.05) is 24.3 Å². The molecule has 1 rings (SSSR count). The average Bonchev–Trinajstić information content (AvgIpc) is 2.51. The summed E-state index contributed by atoms with van der Waals surface area (Å²) >= 11 is 0. The summed E-state index contributed by atoms with van der Waals surface area (Å²) in [4.78, 5) is 23.4. The van der Waals surface area contributed by atoms with Gasteiger partial charge in [-0.3, -0.25) is 4.79 Å². The van der Waals surface area contributed by atoms with Crippen LogP contribution in [-0.2, 0) is 20.7 Å². The van der Waals surface area contributed by atoms with Gasteiger partial charge in [0.05, 0.1) is 14.2 Å². The second-order valence-corrected chi connectivity index (χ2v) is 6.51. The van der Waals surface area contributed by atoms with Gasteiger partial charge in [-0.25, -0.2) is 4.79 Å². The van der Waals surface area contributed by atoms with Crippen molar-refractivity contribution >= 4 is 12.1 Å². The molecule has 0 aliphatic rings. The molecule has 0 aromatic heterocycles. The van der Waals surface area contributed by atoms with Crippen molar-refractivity contribution in [2.24, 2.45) is 0 Å². The van der Waals surface area contributed by atoms with Crippen LogP contribution in [0.2, 0.25) is 0 Å². The normalized spacial score (nSPS) is 12.2. The quantitative estimate of drug-likeness (QED) is 0.774. The number of rotatable bonds is 7. The molecule has 1 amide bonds. The fourth-order valence-corrected chi connectivity index (χ4v) is 2.14. The van der Waals surface area contributed by atoms with Gasteiger partial charge in [0, 0.05) is 12.5 Å². The van der Waals surface area contributed by atoms with Crippen molar-refractivity contribution in [3.63, 3.8) is 0 Å². The standard InChI is InChI=1S/C18H27NO5/c1-18(2,3)24-17(21)19-14(8-11-16(20)23-5)12-13-6-9-15(22-4)10-7-13/h6-7,9-10,14H,8,11-12H2,1-5H3,(H,19,21)/t14-/m1/s1. The van der Waals surface area contributed by atoms with Crippen LogP contribution in [0.3, 0.4) is 0 Å². The molecular formula is C18H27NO5. The number of hydrogen-bond donors (Lipinski definition) is 1. The van der Waals surface area contributed by atoms with Gasteiger partial charge in [-0.2, -0.15) is 0 Å². The molecule has 0 aliphatic carbocycles. The first-order chi connectivity index (χ1) is 11.2. The van der Waals surface area contributed by atoms with Crippen molar-refractivity contribution in [2.75, 3.05) is 14.2 Å². The Morgan fingerprint density at radius 2 is 1.75 bits per heavy atom. The van der Waals surface area contributed by atoms with E-state index in [4.69, 9.17) is 9.47 Å². The maximum absolute atomic E-state index is 12.0. The van der Waals surface area contributed by atoms with Crippen molar-refractivity contribution in [1.29, 1.82) is 0 Å². The van der Waals surface area contributed by atoms with Crippen LogP contribution >= 0.6 is 0 Å². The van der Waals surface area contributed by atoms with Crippen LogP contribution in [0.25, 0.3) is 0 Å². The number of hydrogen-bond acceptors (Lipinski definition) is 5. The summed E-state index contributed by atoms with van der Waals surface area (Å²) in [6.07, 6.45) is 0.788. The van der Waals surface area contributed by atoms with Gasteiger partial charge in [-0.05, 0) is 51.3 Å². The first-order valence-corrected chi connectivity index (χ1v) is 7.92. The van der Waals surface area contributed by atoms with Gasteiger partial charge in [-0.1, -0.05) is 12.1 Å². The van der Waals surface area contributed by atoms with Crippen LogP contribution in [0, 0.1) is 0 Å². The van der Waals surface area contributed by atoms with E-state index in [2.05, 4.69) is 10.1 Å². The highest BCUT2D eigenvalue weighted by Crippen LogP contribution is 2.15. The number of methoxy groups -OCH3 is 2. The summed E-state index contributed by atoms with van der Waals surface area (Å²) in [5, 5.41) is 2.83. The molecule has 0 heterocycles. The summed E-state index contributed by atoms with van der Waals surface area (Å²) in [5.74, 6) is 0.464. The van der Waals surface area contributed by atoms with Gasteiger partial charge in [0.1, 0.15) is 11.4 Å². The van der Waals surface area contributed by atoms with Crippen LogP contribution in [0.15, 0.2) is 24.3 Å². The second-order valence-electron chi connectivity index (χ2n) is 6.51. The van der Waals surface area contributed by atoms with Crippen LogP contribution < -0.4 is 10.1 Å². The van der Waals surface area contributed by atoms with Crippen LogP contribution in [0.1, 0.15) is 39.2 Å². The number of esters is 1. The van der Waals surface area contributed by atoms with E-state index >= 15 is 0 Å². The molecule has 1 N–H and O–H groups in total. The highest BCUT2D eigenvalue weighted by molar-refractivity contribution is 5.70. The topological polar surface area (TPSA) is 73.9 Å². The molecule has 0 aliphatic heterocycles. The smallest absolute Gasteiger partial charge is 0.407 e. The lowest BCUT2D eigenvalue weighted by Crippen LogP contribution is -2.40. The molecule has 0 radical (unpaired) electrons. The van der Waals surface area contributed by atoms with Crippen LogP contribution in [-0.4, -0.2) is 37.9 Å². The summed E-state index contributed by atoms with van der Waals surface area (Å²) < 4.78 is 15.1. The van der Waals surface area contributed by atoms with Crippen LogP contribution in [0.4, 0.5) is 4.79 Å². The number of nitrogens with one attached hydrogen (secondary N) is 1. The zero-order valence-corrected chi connectivity index (χ0v) is 15.0.